The number of aromatic amines is 1. The van der Waals surface area contributed by atoms with Crippen LogP contribution in [-0.4, -0.2) is 64.4 Å². The standard InChI is InChI=1S/C26H27N7O6S2/c1-2-3-17-4-6-18(7-5-17)14-27-24(34)22-16-31(26-29-21-15-28-30-25(35)23(21)40-26)12-13-32(22)41(38,39)20-10-8-19(9-11-20)33(36)37/h4-11,15,22H,2-3,12-14,16H2,1H3,(H,27,34)(H,30,35)/t22-/m1/s1. The highest BCUT2D eigenvalue weighted by atomic mass is 32.2. The number of amides is 1. The highest BCUT2D eigenvalue weighted by Crippen LogP contribution is 2.30. The number of piperazine rings is 1. The van der Waals surface area contributed by atoms with Crippen molar-refractivity contribution in [3.63, 3.8) is 0 Å². The molecule has 2 aromatic carbocycles. The molecule has 2 N–H and O–H groups in total. The molecule has 1 saturated heterocycles. The third-order valence-corrected chi connectivity index (χ3v) is 9.84. The zero-order valence-electron chi connectivity index (χ0n) is 22.0. The van der Waals surface area contributed by atoms with E-state index >= 15 is 0 Å². The number of carbonyl (C=O) groups excluding carboxylic acids is 1. The quantitative estimate of drug-likeness (QED) is 0.217. The fourth-order valence-corrected chi connectivity index (χ4v) is 7.18. The lowest BCUT2D eigenvalue weighted by Gasteiger charge is -2.39. The van der Waals surface area contributed by atoms with Gasteiger partial charge in [0.1, 0.15) is 16.3 Å². The van der Waals surface area contributed by atoms with Gasteiger partial charge in [0.25, 0.3) is 11.2 Å². The van der Waals surface area contributed by atoms with Crippen molar-refractivity contribution in [2.45, 2.75) is 37.2 Å². The van der Waals surface area contributed by atoms with E-state index in [4.69, 9.17) is 0 Å². The highest BCUT2D eigenvalue weighted by molar-refractivity contribution is 7.89. The molecular weight excluding hydrogens is 570 g/mol. The van der Waals surface area contributed by atoms with Crippen LogP contribution >= 0.6 is 11.3 Å². The number of hydrogen-bond donors (Lipinski definition) is 2. The first-order chi connectivity index (χ1) is 19.7. The van der Waals surface area contributed by atoms with E-state index < -0.39 is 26.9 Å². The van der Waals surface area contributed by atoms with E-state index in [1.54, 1.807) is 4.90 Å². The van der Waals surface area contributed by atoms with Crippen molar-refractivity contribution in [3.05, 3.63) is 86.3 Å². The SMILES string of the molecule is CCCc1ccc(CNC(=O)[C@H]2CN(c3nc4cn[nH]c(=O)c4s3)CCN2S(=O)(=O)c2ccc([N+](=O)[O-])cc2)cc1. The minimum Gasteiger partial charge on any atom is -0.351 e. The molecule has 1 aliphatic rings. The monoisotopic (exact) mass is 597 g/mol. The van der Waals surface area contributed by atoms with Gasteiger partial charge in [-0.1, -0.05) is 48.9 Å². The number of H-pyrrole nitrogens is 1. The number of carbonyl (C=O) groups is 1. The first-order valence-electron chi connectivity index (χ1n) is 12.9. The maximum absolute atomic E-state index is 13.7. The number of sulfonamides is 1. The van der Waals surface area contributed by atoms with Crippen LogP contribution in [0.15, 0.2) is 64.4 Å². The fourth-order valence-electron chi connectivity index (χ4n) is 4.64. The zero-order chi connectivity index (χ0) is 29.1. The number of hydrogen-bond acceptors (Lipinski definition) is 10. The van der Waals surface area contributed by atoms with Crippen molar-refractivity contribution in [3.8, 4) is 0 Å². The third-order valence-electron chi connectivity index (χ3n) is 6.79. The lowest BCUT2D eigenvalue weighted by molar-refractivity contribution is -0.384. The van der Waals surface area contributed by atoms with Gasteiger partial charge in [-0.25, -0.2) is 18.5 Å². The Morgan fingerprint density at radius 2 is 1.85 bits per heavy atom. The van der Waals surface area contributed by atoms with Gasteiger partial charge in [0.05, 0.1) is 16.0 Å². The number of rotatable bonds is 9. The molecule has 214 valence electrons. The molecule has 0 radical (unpaired) electrons. The second-order valence-corrected chi connectivity index (χ2v) is 12.4. The van der Waals surface area contributed by atoms with Crippen LogP contribution in [-0.2, 0) is 27.8 Å². The van der Waals surface area contributed by atoms with Crippen LogP contribution in [0, 0.1) is 10.1 Å². The molecule has 1 fully saturated rings. The number of benzene rings is 2. The molecule has 41 heavy (non-hydrogen) atoms. The van der Waals surface area contributed by atoms with Gasteiger partial charge in [0.15, 0.2) is 5.13 Å². The number of non-ortho nitro benzene ring substituents is 1. The normalized spacial score (nSPS) is 16.1. The van der Waals surface area contributed by atoms with E-state index in [-0.39, 0.29) is 42.3 Å². The van der Waals surface area contributed by atoms with Crippen LogP contribution in [0.1, 0.15) is 24.5 Å². The van der Waals surface area contributed by atoms with Crippen molar-refractivity contribution in [2.24, 2.45) is 0 Å². The molecule has 1 aliphatic heterocycles. The summed E-state index contributed by atoms with van der Waals surface area (Å²) in [5.74, 6) is -0.501. The Hall–Kier alpha value is -4.21. The van der Waals surface area contributed by atoms with Gasteiger partial charge in [-0.15, -0.1) is 0 Å². The topological polar surface area (TPSA) is 171 Å². The second kappa shape index (κ2) is 11.7. The first kappa shape index (κ1) is 28.3. The Bertz CT molecular complexity index is 1740. The Morgan fingerprint density at radius 3 is 2.51 bits per heavy atom. The predicted molar refractivity (Wildman–Crippen MR) is 153 cm³/mol. The molecule has 13 nitrogen and oxygen atoms in total. The summed E-state index contributed by atoms with van der Waals surface area (Å²) in [6.45, 7) is 2.45. The van der Waals surface area contributed by atoms with Gasteiger partial charge < -0.3 is 10.2 Å². The Labute approximate surface area is 239 Å². The number of nitrogens with zero attached hydrogens (tertiary/aromatic N) is 5. The number of aryl methyl sites for hydroxylation is 1. The number of thiazole rings is 1. The summed E-state index contributed by atoms with van der Waals surface area (Å²) in [6, 6.07) is 11.3. The van der Waals surface area contributed by atoms with E-state index in [0.717, 1.165) is 46.2 Å². The Kier molecular flexibility index (Phi) is 8.10. The predicted octanol–water partition coefficient (Wildman–Crippen LogP) is 2.44. The second-order valence-electron chi connectivity index (χ2n) is 9.52. The summed E-state index contributed by atoms with van der Waals surface area (Å²) < 4.78 is 28.8. The van der Waals surface area contributed by atoms with E-state index in [9.17, 15) is 28.1 Å². The van der Waals surface area contributed by atoms with Crippen LogP contribution in [0.5, 0.6) is 0 Å². The van der Waals surface area contributed by atoms with Gasteiger partial charge in [-0.3, -0.25) is 19.7 Å². The highest BCUT2D eigenvalue weighted by Gasteiger charge is 2.41. The molecule has 5 rings (SSSR count). The average Bonchev–Trinajstić information content (AvgIpc) is 3.42. The number of fused-ring (bicyclic) bond motifs is 1. The van der Waals surface area contributed by atoms with Gasteiger partial charge in [0.2, 0.25) is 15.9 Å². The molecule has 3 heterocycles. The number of aromatic nitrogens is 3. The van der Waals surface area contributed by atoms with E-state index in [1.807, 2.05) is 24.3 Å². The zero-order valence-corrected chi connectivity index (χ0v) is 23.7. The smallest absolute Gasteiger partial charge is 0.283 e. The van der Waals surface area contributed by atoms with Gasteiger partial charge in [-0.05, 0) is 29.7 Å². The van der Waals surface area contributed by atoms with Crippen molar-refractivity contribution in [1.29, 1.82) is 0 Å². The molecule has 15 heteroatoms. The average molecular weight is 598 g/mol. The van der Waals surface area contributed by atoms with Crippen molar-refractivity contribution >= 4 is 48.3 Å². The fraction of sp³-hybridized carbons (Fsp3) is 0.308. The van der Waals surface area contributed by atoms with Crippen molar-refractivity contribution < 1.29 is 18.1 Å². The number of nitrogens with one attached hydrogen (secondary N) is 2. The number of nitro groups is 1. The van der Waals surface area contributed by atoms with Gasteiger partial charge >= 0.3 is 0 Å². The van der Waals surface area contributed by atoms with E-state index in [1.165, 1.54) is 23.9 Å². The van der Waals surface area contributed by atoms with Gasteiger partial charge in [-0.2, -0.15) is 9.40 Å². The van der Waals surface area contributed by atoms with Crippen LogP contribution in [0.4, 0.5) is 10.8 Å². The number of nitro benzene ring substituents is 1. The largest absolute Gasteiger partial charge is 0.351 e. The summed E-state index contributed by atoms with van der Waals surface area (Å²) in [7, 11) is -4.19. The summed E-state index contributed by atoms with van der Waals surface area (Å²) in [5, 5.41) is 20.5. The Balaban J connectivity index is 1.42. The molecule has 0 bridgehead atoms. The molecule has 1 atom stereocenters. The molecule has 4 aromatic rings. The van der Waals surface area contributed by atoms with E-state index in [2.05, 4.69) is 27.4 Å². The molecule has 2 aromatic heterocycles. The summed E-state index contributed by atoms with van der Waals surface area (Å²) in [5.41, 5.74) is 1.84. The van der Waals surface area contributed by atoms with Crippen molar-refractivity contribution in [2.75, 3.05) is 24.5 Å². The molecule has 0 unspecified atom stereocenters. The first-order valence-corrected chi connectivity index (χ1v) is 15.1. The third kappa shape index (κ3) is 5.96. The number of anilines is 1. The van der Waals surface area contributed by atoms with Crippen LogP contribution in [0.2, 0.25) is 0 Å². The molecule has 0 saturated carbocycles. The maximum Gasteiger partial charge on any atom is 0.283 e. The minimum atomic E-state index is -4.19. The lowest BCUT2D eigenvalue weighted by atomic mass is 10.1. The Morgan fingerprint density at radius 1 is 1.15 bits per heavy atom. The molecular formula is C26H27N7O6S2. The van der Waals surface area contributed by atoms with Gasteiger partial charge in [0, 0.05) is 38.3 Å². The minimum absolute atomic E-state index is 0.0152. The summed E-state index contributed by atoms with van der Waals surface area (Å²) >= 11 is 1.14. The summed E-state index contributed by atoms with van der Waals surface area (Å²) in [6.07, 6.45) is 3.41. The molecule has 1 amide bonds. The maximum atomic E-state index is 13.7. The van der Waals surface area contributed by atoms with Crippen LogP contribution in [0.25, 0.3) is 10.2 Å². The van der Waals surface area contributed by atoms with E-state index in [0.29, 0.717) is 15.3 Å². The molecule has 0 spiro atoms. The molecule has 0 aliphatic carbocycles. The van der Waals surface area contributed by atoms with Crippen LogP contribution < -0.4 is 15.8 Å². The lowest BCUT2D eigenvalue weighted by Crippen LogP contribution is -2.60. The van der Waals surface area contributed by atoms with Crippen molar-refractivity contribution in [1.82, 2.24) is 24.8 Å². The summed E-state index contributed by atoms with van der Waals surface area (Å²) in [4.78, 5) is 42.3. The van der Waals surface area contributed by atoms with Crippen LogP contribution in [0.3, 0.4) is 0 Å².